The molecule has 0 saturated carbocycles. The molecule has 0 saturated heterocycles. The Kier molecular flexibility index (Phi) is 4.12. The number of aryl methyl sites for hydroxylation is 1. The van der Waals surface area contributed by atoms with Gasteiger partial charge in [0, 0.05) is 16.8 Å². The SMILES string of the molecule is Fc1cc(F)cc(CC2(CBr)CCCc3ccccc32)c1. The number of hydrogen-bond acceptors (Lipinski definition) is 0. The highest BCUT2D eigenvalue weighted by molar-refractivity contribution is 9.09. The number of benzene rings is 2. The monoisotopic (exact) mass is 350 g/mol. The van der Waals surface area contributed by atoms with Crippen molar-refractivity contribution < 1.29 is 8.78 Å². The molecule has 3 rings (SSSR count). The molecule has 1 atom stereocenters. The number of hydrogen-bond donors (Lipinski definition) is 0. The Morgan fingerprint density at radius 1 is 1.05 bits per heavy atom. The van der Waals surface area contributed by atoms with Crippen LogP contribution in [0, 0.1) is 11.6 Å². The van der Waals surface area contributed by atoms with Gasteiger partial charge in [-0.15, -0.1) is 0 Å². The van der Waals surface area contributed by atoms with Gasteiger partial charge in [-0.25, -0.2) is 8.78 Å². The van der Waals surface area contributed by atoms with Gasteiger partial charge in [-0.2, -0.15) is 0 Å². The smallest absolute Gasteiger partial charge is 0.126 e. The lowest BCUT2D eigenvalue weighted by atomic mass is 9.68. The summed E-state index contributed by atoms with van der Waals surface area (Å²) in [6.07, 6.45) is 3.89. The lowest BCUT2D eigenvalue weighted by molar-refractivity contribution is 0.400. The molecular weight excluding hydrogens is 334 g/mol. The Morgan fingerprint density at radius 2 is 1.76 bits per heavy atom. The highest BCUT2D eigenvalue weighted by Crippen LogP contribution is 2.41. The van der Waals surface area contributed by atoms with E-state index in [0.29, 0.717) is 6.42 Å². The third kappa shape index (κ3) is 2.89. The molecule has 0 radical (unpaired) electrons. The summed E-state index contributed by atoms with van der Waals surface area (Å²) in [6.45, 7) is 0. The highest BCUT2D eigenvalue weighted by atomic mass is 79.9. The van der Waals surface area contributed by atoms with Crippen LogP contribution < -0.4 is 0 Å². The van der Waals surface area contributed by atoms with Crippen LogP contribution in [0.4, 0.5) is 8.78 Å². The van der Waals surface area contributed by atoms with Crippen LogP contribution in [0.3, 0.4) is 0 Å². The summed E-state index contributed by atoms with van der Waals surface area (Å²) >= 11 is 3.65. The molecular formula is C18H17BrF2. The van der Waals surface area contributed by atoms with Crippen molar-refractivity contribution in [2.45, 2.75) is 31.1 Å². The Hall–Kier alpha value is -1.22. The Labute approximate surface area is 132 Å². The van der Waals surface area contributed by atoms with Crippen molar-refractivity contribution in [3.8, 4) is 0 Å². The maximum absolute atomic E-state index is 13.5. The van der Waals surface area contributed by atoms with Crippen LogP contribution in [0.25, 0.3) is 0 Å². The molecule has 0 spiro atoms. The first kappa shape index (κ1) is 14.7. The van der Waals surface area contributed by atoms with Crippen molar-refractivity contribution in [1.82, 2.24) is 0 Å². The van der Waals surface area contributed by atoms with Gasteiger partial charge in [-0.05, 0) is 54.5 Å². The molecule has 21 heavy (non-hydrogen) atoms. The first-order valence-electron chi connectivity index (χ1n) is 7.22. The van der Waals surface area contributed by atoms with Gasteiger partial charge in [0.05, 0.1) is 0 Å². The molecule has 2 aromatic carbocycles. The van der Waals surface area contributed by atoms with Gasteiger partial charge < -0.3 is 0 Å². The van der Waals surface area contributed by atoms with E-state index in [4.69, 9.17) is 0 Å². The zero-order chi connectivity index (χ0) is 14.9. The summed E-state index contributed by atoms with van der Waals surface area (Å²) < 4.78 is 26.9. The number of rotatable bonds is 3. The lowest BCUT2D eigenvalue weighted by Gasteiger charge is -2.38. The average Bonchev–Trinajstić information content (AvgIpc) is 2.46. The van der Waals surface area contributed by atoms with Gasteiger partial charge in [-0.3, -0.25) is 0 Å². The molecule has 0 bridgehead atoms. The maximum Gasteiger partial charge on any atom is 0.126 e. The second kappa shape index (κ2) is 5.88. The van der Waals surface area contributed by atoms with Crippen LogP contribution >= 0.6 is 15.9 Å². The van der Waals surface area contributed by atoms with Crippen LogP contribution in [0.1, 0.15) is 29.5 Å². The maximum atomic E-state index is 13.5. The van der Waals surface area contributed by atoms with Crippen molar-refractivity contribution in [1.29, 1.82) is 0 Å². The quantitative estimate of drug-likeness (QED) is 0.669. The largest absolute Gasteiger partial charge is 0.207 e. The van der Waals surface area contributed by atoms with Crippen molar-refractivity contribution in [3.63, 3.8) is 0 Å². The van der Waals surface area contributed by atoms with E-state index in [0.717, 1.165) is 36.2 Å². The molecule has 0 aliphatic heterocycles. The zero-order valence-corrected chi connectivity index (χ0v) is 13.3. The number of halogens is 3. The topological polar surface area (TPSA) is 0 Å². The molecule has 0 fully saturated rings. The van der Waals surface area contributed by atoms with E-state index in [1.54, 1.807) is 0 Å². The predicted molar refractivity (Wildman–Crippen MR) is 84.9 cm³/mol. The van der Waals surface area contributed by atoms with Gasteiger partial charge in [0.25, 0.3) is 0 Å². The van der Waals surface area contributed by atoms with Gasteiger partial charge in [0.15, 0.2) is 0 Å². The fourth-order valence-electron chi connectivity index (χ4n) is 3.48. The summed E-state index contributed by atoms with van der Waals surface area (Å²) in [6, 6.07) is 12.3. The molecule has 0 nitrogen and oxygen atoms in total. The molecule has 2 aromatic rings. The van der Waals surface area contributed by atoms with Crippen LogP contribution in [0.2, 0.25) is 0 Å². The van der Waals surface area contributed by atoms with Crippen LogP contribution in [-0.4, -0.2) is 5.33 Å². The van der Waals surface area contributed by atoms with Gasteiger partial charge in [0.1, 0.15) is 11.6 Å². The summed E-state index contributed by atoms with van der Waals surface area (Å²) in [5, 5.41) is 0.801. The van der Waals surface area contributed by atoms with E-state index in [1.807, 2.05) is 6.07 Å². The summed E-state index contributed by atoms with van der Waals surface area (Å²) in [5.41, 5.74) is 3.33. The molecule has 1 unspecified atom stereocenters. The number of alkyl halides is 1. The van der Waals surface area contributed by atoms with Gasteiger partial charge in [-0.1, -0.05) is 40.2 Å². The number of fused-ring (bicyclic) bond motifs is 1. The Balaban J connectivity index is 2.02. The van der Waals surface area contributed by atoms with E-state index in [-0.39, 0.29) is 5.41 Å². The second-order valence-corrected chi connectivity index (χ2v) is 6.44. The van der Waals surface area contributed by atoms with E-state index in [9.17, 15) is 8.78 Å². The first-order valence-corrected chi connectivity index (χ1v) is 8.34. The van der Waals surface area contributed by atoms with Gasteiger partial charge >= 0.3 is 0 Å². The summed E-state index contributed by atoms with van der Waals surface area (Å²) in [7, 11) is 0. The van der Waals surface area contributed by atoms with Crippen molar-refractivity contribution in [3.05, 3.63) is 70.8 Å². The molecule has 1 aliphatic carbocycles. The third-order valence-electron chi connectivity index (χ3n) is 4.41. The molecule has 0 aromatic heterocycles. The summed E-state index contributed by atoms with van der Waals surface area (Å²) in [4.78, 5) is 0. The van der Waals surface area contributed by atoms with E-state index in [2.05, 4.69) is 34.1 Å². The minimum Gasteiger partial charge on any atom is -0.207 e. The molecule has 0 heterocycles. The molecule has 0 N–H and O–H groups in total. The molecule has 1 aliphatic rings. The van der Waals surface area contributed by atoms with E-state index in [1.165, 1.54) is 23.3 Å². The third-order valence-corrected chi connectivity index (χ3v) is 5.48. The fourth-order valence-corrected chi connectivity index (χ4v) is 4.26. The zero-order valence-electron chi connectivity index (χ0n) is 11.7. The van der Waals surface area contributed by atoms with Crippen molar-refractivity contribution in [2.75, 3.05) is 5.33 Å². The van der Waals surface area contributed by atoms with Crippen LogP contribution in [0.5, 0.6) is 0 Å². The average molecular weight is 351 g/mol. The minimum atomic E-state index is -0.501. The van der Waals surface area contributed by atoms with Crippen molar-refractivity contribution in [2.24, 2.45) is 0 Å². The normalized spacial score (nSPS) is 21.1. The van der Waals surface area contributed by atoms with Crippen LogP contribution in [-0.2, 0) is 18.3 Å². The lowest BCUT2D eigenvalue weighted by Crippen LogP contribution is -2.35. The fraction of sp³-hybridized carbons (Fsp3) is 0.333. The molecule has 110 valence electrons. The second-order valence-electron chi connectivity index (χ2n) is 5.88. The molecule has 3 heteroatoms. The summed E-state index contributed by atoms with van der Waals surface area (Å²) in [5.74, 6) is -1.00. The van der Waals surface area contributed by atoms with Crippen LogP contribution in [0.15, 0.2) is 42.5 Å². The minimum absolute atomic E-state index is 0.0743. The van der Waals surface area contributed by atoms with Gasteiger partial charge in [0.2, 0.25) is 0 Å². The van der Waals surface area contributed by atoms with E-state index >= 15 is 0 Å². The van der Waals surface area contributed by atoms with E-state index < -0.39 is 11.6 Å². The Bertz CT molecular complexity index is 633. The van der Waals surface area contributed by atoms with Crippen molar-refractivity contribution >= 4 is 15.9 Å². The molecule has 0 amide bonds. The first-order chi connectivity index (χ1) is 10.1. The standard InChI is InChI=1S/C18H17BrF2/c19-12-18(11-13-8-15(20)10-16(21)9-13)7-3-5-14-4-1-2-6-17(14)18/h1-2,4,6,8-10H,3,5,7,11-12H2. The Morgan fingerprint density at radius 3 is 2.48 bits per heavy atom. The predicted octanol–water partition coefficient (Wildman–Crippen LogP) is 5.18. The highest BCUT2D eigenvalue weighted by Gasteiger charge is 2.35.